The van der Waals surface area contributed by atoms with Crippen molar-refractivity contribution < 1.29 is 22.7 Å². The van der Waals surface area contributed by atoms with Gasteiger partial charge in [-0.1, -0.05) is 50.2 Å². The first-order chi connectivity index (χ1) is 12.8. The Hall–Kier alpha value is -2.71. The van der Waals surface area contributed by atoms with E-state index in [0.717, 1.165) is 0 Å². The van der Waals surface area contributed by atoms with Gasteiger partial charge in [0.15, 0.2) is 0 Å². The lowest BCUT2D eigenvalue weighted by atomic mass is 10.1. The Balaban J connectivity index is 2.31. The third kappa shape index (κ3) is 4.72. The van der Waals surface area contributed by atoms with Gasteiger partial charge in [-0.25, -0.2) is 13.2 Å². The Morgan fingerprint density at radius 3 is 2.22 bits per heavy atom. The van der Waals surface area contributed by atoms with Crippen molar-refractivity contribution >= 4 is 21.9 Å². The number of amides is 1. The smallest absolute Gasteiger partial charge is 0.339 e. The van der Waals surface area contributed by atoms with Gasteiger partial charge in [-0.05, 0) is 18.2 Å². The Kier molecular flexibility index (Phi) is 6.70. The van der Waals surface area contributed by atoms with Crippen molar-refractivity contribution in [3.8, 4) is 0 Å². The molecule has 7 nitrogen and oxygen atoms in total. The van der Waals surface area contributed by atoms with E-state index in [4.69, 9.17) is 10.5 Å². The van der Waals surface area contributed by atoms with E-state index in [-0.39, 0.29) is 10.5 Å². The molecule has 1 atom stereocenters. The van der Waals surface area contributed by atoms with Gasteiger partial charge in [-0.3, -0.25) is 4.79 Å². The van der Waals surface area contributed by atoms with Gasteiger partial charge in [-0.15, -0.1) is 0 Å². The van der Waals surface area contributed by atoms with E-state index in [1.165, 1.54) is 28.6 Å². The average molecular weight is 390 g/mol. The van der Waals surface area contributed by atoms with Crippen LogP contribution in [-0.4, -0.2) is 37.7 Å². The Morgan fingerprint density at radius 1 is 1.04 bits per heavy atom. The maximum absolute atomic E-state index is 12.6. The van der Waals surface area contributed by atoms with Gasteiger partial charge in [-0.2, -0.15) is 4.31 Å². The first-order valence-corrected chi connectivity index (χ1v) is 9.90. The fourth-order valence-corrected chi connectivity index (χ4v) is 4.09. The number of hydrogen-bond donors (Lipinski definition) is 1. The summed E-state index contributed by atoms with van der Waals surface area (Å²) < 4.78 is 31.8. The minimum Gasteiger partial charge on any atom is -0.444 e. The van der Waals surface area contributed by atoms with Crippen molar-refractivity contribution in [3.05, 3.63) is 65.7 Å². The van der Waals surface area contributed by atoms with Crippen molar-refractivity contribution in [2.24, 2.45) is 5.73 Å². The highest BCUT2D eigenvalue weighted by Gasteiger charge is 2.26. The maximum atomic E-state index is 12.6. The van der Waals surface area contributed by atoms with E-state index in [1.807, 2.05) is 0 Å². The van der Waals surface area contributed by atoms with Crippen LogP contribution in [-0.2, 0) is 19.6 Å². The number of nitrogens with zero attached hydrogens (tertiary/aromatic N) is 1. The number of nitrogens with two attached hydrogens (primary N) is 1. The van der Waals surface area contributed by atoms with E-state index in [0.29, 0.717) is 18.7 Å². The Morgan fingerprint density at radius 2 is 1.67 bits per heavy atom. The summed E-state index contributed by atoms with van der Waals surface area (Å²) in [5.74, 6) is -1.65. The van der Waals surface area contributed by atoms with E-state index in [9.17, 15) is 18.0 Å². The highest BCUT2D eigenvalue weighted by Crippen LogP contribution is 2.21. The number of carbonyl (C=O) groups is 2. The number of hydrogen-bond acceptors (Lipinski definition) is 5. The number of ether oxygens (including phenoxy) is 1. The second kappa shape index (κ2) is 8.79. The van der Waals surface area contributed by atoms with Crippen LogP contribution in [0.5, 0.6) is 0 Å². The summed E-state index contributed by atoms with van der Waals surface area (Å²) in [6, 6.07) is 13.9. The lowest BCUT2D eigenvalue weighted by Gasteiger charge is -2.19. The minimum atomic E-state index is -3.72. The van der Waals surface area contributed by atoms with Crippen molar-refractivity contribution in [2.45, 2.75) is 24.8 Å². The number of carbonyl (C=O) groups excluding carboxylic acids is 2. The van der Waals surface area contributed by atoms with Crippen LogP contribution in [0.2, 0.25) is 0 Å². The van der Waals surface area contributed by atoms with Crippen molar-refractivity contribution in [3.63, 3.8) is 0 Å². The SMILES string of the molecule is CCN(CC)S(=O)(=O)c1cccc(C(=O)OC(C(N)=O)c2ccccc2)c1. The standard InChI is InChI=1S/C19H22N2O5S/c1-3-21(4-2)27(24,25)16-12-8-11-15(13-16)19(23)26-17(18(20)22)14-9-6-5-7-10-14/h5-13,17H,3-4H2,1-2H3,(H2,20,22). The van der Waals surface area contributed by atoms with Crippen LogP contribution in [0, 0.1) is 0 Å². The van der Waals surface area contributed by atoms with Crippen molar-refractivity contribution in [1.82, 2.24) is 4.31 Å². The van der Waals surface area contributed by atoms with E-state index in [1.54, 1.807) is 44.2 Å². The summed E-state index contributed by atoms with van der Waals surface area (Å²) >= 11 is 0. The predicted molar refractivity (Wildman–Crippen MR) is 100 cm³/mol. The average Bonchev–Trinajstić information content (AvgIpc) is 2.67. The van der Waals surface area contributed by atoms with Crippen LogP contribution in [0.25, 0.3) is 0 Å². The van der Waals surface area contributed by atoms with E-state index < -0.39 is 28.0 Å². The molecule has 2 aromatic carbocycles. The normalized spacial score (nSPS) is 12.6. The largest absolute Gasteiger partial charge is 0.444 e. The van der Waals surface area contributed by atoms with E-state index in [2.05, 4.69) is 0 Å². The third-order valence-corrected chi connectivity index (χ3v) is 6.04. The topological polar surface area (TPSA) is 107 Å². The summed E-state index contributed by atoms with van der Waals surface area (Å²) in [6.45, 7) is 4.09. The summed E-state index contributed by atoms with van der Waals surface area (Å²) in [5, 5.41) is 0. The van der Waals surface area contributed by atoms with E-state index >= 15 is 0 Å². The van der Waals surface area contributed by atoms with Gasteiger partial charge in [0.2, 0.25) is 16.1 Å². The molecule has 8 heteroatoms. The van der Waals surface area contributed by atoms with Gasteiger partial charge < -0.3 is 10.5 Å². The Labute approximate surface area is 158 Å². The van der Waals surface area contributed by atoms with Crippen molar-refractivity contribution in [1.29, 1.82) is 0 Å². The van der Waals surface area contributed by atoms with Gasteiger partial charge in [0.1, 0.15) is 0 Å². The zero-order chi connectivity index (χ0) is 20.0. The van der Waals surface area contributed by atoms with Crippen LogP contribution in [0.15, 0.2) is 59.5 Å². The second-order valence-corrected chi connectivity index (χ2v) is 7.65. The molecule has 0 aliphatic heterocycles. The summed E-state index contributed by atoms with van der Waals surface area (Å²) in [4.78, 5) is 24.2. The molecule has 0 fully saturated rings. The van der Waals surface area contributed by atoms with Crippen LogP contribution < -0.4 is 5.73 Å². The highest BCUT2D eigenvalue weighted by atomic mass is 32.2. The first kappa shape index (κ1) is 20.6. The number of primary amides is 1. The summed E-state index contributed by atoms with van der Waals surface area (Å²) in [7, 11) is -3.72. The molecule has 1 amide bonds. The molecule has 1 unspecified atom stereocenters. The molecule has 0 saturated carbocycles. The van der Waals surface area contributed by atoms with Gasteiger partial charge in [0, 0.05) is 18.7 Å². The summed E-state index contributed by atoms with van der Waals surface area (Å²) in [5.41, 5.74) is 5.81. The molecule has 0 aliphatic carbocycles. The second-order valence-electron chi connectivity index (χ2n) is 5.72. The molecule has 27 heavy (non-hydrogen) atoms. The molecule has 0 aromatic heterocycles. The number of benzene rings is 2. The first-order valence-electron chi connectivity index (χ1n) is 8.46. The monoisotopic (exact) mass is 390 g/mol. The van der Waals surface area contributed by atoms with Crippen LogP contribution in [0.1, 0.15) is 35.9 Å². The lowest BCUT2D eigenvalue weighted by molar-refractivity contribution is -0.127. The van der Waals surface area contributed by atoms with Crippen molar-refractivity contribution in [2.75, 3.05) is 13.1 Å². The predicted octanol–water partition coefficient (Wildman–Crippen LogP) is 2.10. The molecule has 0 bridgehead atoms. The molecular formula is C19H22N2O5S. The van der Waals surface area contributed by atoms with Gasteiger partial charge >= 0.3 is 5.97 Å². The highest BCUT2D eigenvalue weighted by molar-refractivity contribution is 7.89. The number of sulfonamides is 1. The molecule has 2 aromatic rings. The third-order valence-electron chi connectivity index (χ3n) is 4.00. The zero-order valence-electron chi connectivity index (χ0n) is 15.2. The summed E-state index contributed by atoms with van der Waals surface area (Å²) in [6.07, 6.45) is -1.26. The molecule has 0 saturated heterocycles. The Bertz CT molecular complexity index is 909. The van der Waals surface area contributed by atoms with Crippen LogP contribution in [0.3, 0.4) is 0 Å². The molecule has 144 valence electrons. The van der Waals surface area contributed by atoms with Crippen LogP contribution in [0.4, 0.5) is 0 Å². The molecule has 0 aliphatic rings. The molecule has 2 rings (SSSR count). The fourth-order valence-electron chi connectivity index (χ4n) is 2.59. The molecule has 2 N–H and O–H groups in total. The molecule has 0 spiro atoms. The van der Waals surface area contributed by atoms with Gasteiger partial charge in [0.25, 0.3) is 5.91 Å². The molecule has 0 heterocycles. The zero-order valence-corrected chi connectivity index (χ0v) is 16.0. The molecule has 0 radical (unpaired) electrons. The minimum absolute atomic E-state index is 0.0176. The lowest BCUT2D eigenvalue weighted by Crippen LogP contribution is -2.30. The maximum Gasteiger partial charge on any atom is 0.339 e. The quantitative estimate of drug-likeness (QED) is 0.695. The number of rotatable bonds is 8. The number of esters is 1. The van der Waals surface area contributed by atoms with Crippen LogP contribution >= 0.6 is 0 Å². The van der Waals surface area contributed by atoms with Gasteiger partial charge in [0.05, 0.1) is 10.5 Å². The fraction of sp³-hybridized carbons (Fsp3) is 0.263. The molecular weight excluding hydrogens is 368 g/mol.